The molecule has 1 atom stereocenters. The summed E-state index contributed by atoms with van der Waals surface area (Å²) in [6, 6.07) is 6.16. The first-order valence-electron chi connectivity index (χ1n) is 7.59. The molecule has 21 heavy (non-hydrogen) atoms. The quantitative estimate of drug-likeness (QED) is 0.469. The summed E-state index contributed by atoms with van der Waals surface area (Å²) in [5, 5.41) is 18.4. The first kappa shape index (κ1) is 14.6. The fourth-order valence-electron chi connectivity index (χ4n) is 3.08. The summed E-state index contributed by atoms with van der Waals surface area (Å²) < 4.78 is 10.7. The number of ether oxygens (including phenoxy) is 2. The van der Waals surface area contributed by atoms with Gasteiger partial charge in [0.1, 0.15) is 45.4 Å². The van der Waals surface area contributed by atoms with Crippen molar-refractivity contribution in [2.75, 3.05) is 46.1 Å². The van der Waals surface area contributed by atoms with Crippen LogP contribution in [0.2, 0.25) is 0 Å². The van der Waals surface area contributed by atoms with Crippen LogP contribution >= 0.6 is 0 Å². The minimum atomic E-state index is -0.588. The lowest BCUT2D eigenvalue weighted by Crippen LogP contribution is -3.28. The van der Waals surface area contributed by atoms with E-state index in [4.69, 9.17) is 14.6 Å². The molecule has 0 radical (unpaired) electrons. The second-order valence-electron chi connectivity index (χ2n) is 5.90. The number of quaternary nitrogens is 2. The number of hydrogen-bond donors (Lipinski definition) is 4. The molecule has 0 unspecified atom stereocenters. The lowest BCUT2D eigenvalue weighted by molar-refractivity contribution is -1.02. The molecule has 6 heteroatoms. The van der Waals surface area contributed by atoms with E-state index in [9.17, 15) is 5.11 Å². The Hall–Kier alpha value is -1.34. The Bertz CT molecular complexity index is 475. The third kappa shape index (κ3) is 3.65. The molecule has 2 heterocycles. The third-order valence-electron chi connectivity index (χ3n) is 4.29. The monoisotopic (exact) mass is 296 g/mol. The summed E-state index contributed by atoms with van der Waals surface area (Å²) in [5.74, 6) is 1.68. The number of aliphatic hydroxyl groups is 2. The molecule has 1 aromatic rings. The summed E-state index contributed by atoms with van der Waals surface area (Å²) in [7, 11) is 0. The van der Waals surface area contributed by atoms with Crippen LogP contribution in [0.3, 0.4) is 0 Å². The van der Waals surface area contributed by atoms with Gasteiger partial charge in [-0.1, -0.05) is 0 Å². The predicted molar refractivity (Wildman–Crippen MR) is 75.6 cm³/mol. The van der Waals surface area contributed by atoms with Gasteiger partial charge in [-0.05, 0) is 18.2 Å². The van der Waals surface area contributed by atoms with Crippen molar-refractivity contribution in [1.29, 1.82) is 0 Å². The highest BCUT2D eigenvalue weighted by molar-refractivity contribution is 5.44. The number of fused-ring (bicyclic) bond motifs is 1. The van der Waals surface area contributed by atoms with Crippen LogP contribution in [-0.4, -0.2) is 62.4 Å². The molecular formula is C15H24N2O4+2. The predicted octanol–water partition coefficient (Wildman–Crippen LogP) is -2.95. The van der Waals surface area contributed by atoms with E-state index in [0.717, 1.165) is 44.2 Å². The minimum Gasteiger partial charge on any atom is -0.454 e. The minimum absolute atomic E-state index is 0.142. The van der Waals surface area contributed by atoms with Crippen molar-refractivity contribution in [3.05, 3.63) is 23.8 Å². The molecule has 116 valence electrons. The van der Waals surface area contributed by atoms with E-state index >= 15 is 0 Å². The van der Waals surface area contributed by atoms with Crippen LogP contribution in [0.5, 0.6) is 11.5 Å². The lowest BCUT2D eigenvalue weighted by atomic mass is 10.1. The van der Waals surface area contributed by atoms with Crippen molar-refractivity contribution in [2.45, 2.75) is 12.6 Å². The maximum absolute atomic E-state index is 9.50. The van der Waals surface area contributed by atoms with Gasteiger partial charge in [0, 0.05) is 5.56 Å². The van der Waals surface area contributed by atoms with Crippen molar-refractivity contribution in [3.63, 3.8) is 0 Å². The van der Waals surface area contributed by atoms with Gasteiger partial charge in [0.15, 0.2) is 11.5 Å². The smallest absolute Gasteiger partial charge is 0.231 e. The van der Waals surface area contributed by atoms with Crippen molar-refractivity contribution in [1.82, 2.24) is 0 Å². The maximum Gasteiger partial charge on any atom is 0.231 e. The zero-order valence-corrected chi connectivity index (χ0v) is 12.2. The van der Waals surface area contributed by atoms with Crippen LogP contribution in [0.4, 0.5) is 0 Å². The van der Waals surface area contributed by atoms with Gasteiger partial charge < -0.3 is 29.5 Å². The van der Waals surface area contributed by atoms with E-state index in [1.165, 1.54) is 10.5 Å². The average molecular weight is 296 g/mol. The van der Waals surface area contributed by atoms with Crippen LogP contribution in [0.15, 0.2) is 18.2 Å². The van der Waals surface area contributed by atoms with Gasteiger partial charge in [0.25, 0.3) is 0 Å². The molecule has 2 aliphatic heterocycles. The number of nitrogens with one attached hydrogen (secondary N) is 2. The fraction of sp³-hybridized carbons (Fsp3) is 0.600. The Kier molecular flexibility index (Phi) is 4.60. The van der Waals surface area contributed by atoms with E-state index < -0.39 is 6.10 Å². The molecule has 0 saturated carbocycles. The van der Waals surface area contributed by atoms with E-state index in [1.807, 2.05) is 6.07 Å². The van der Waals surface area contributed by atoms with E-state index in [1.54, 1.807) is 4.90 Å². The standard InChI is InChI=1S/C15H22N2O4/c18-10-13(19)9-17-5-3-16(4-6-17)8-12-1-2-14-15(7-12)21-11-20-14/h1-2,7,13,18-19H,3-6,8-11H2/p+2/t13-/m0/s1. The number of benzene rings is 1. The largest absolute Gasteiger partial charge is 0.454 e. The Morgan fingerprint density at radius 1 is 1.05 bits per heavy atom. The van der Waals surface area contributed by atoms with Gasteiger partial charge in [-0.2, -0.15) is 0 Å². The molecule has 3 rings (SSSR count). The number of rotatable bonds is 5. The van der Waals surface area contributed by atoms with Gasteiger partial charge in [0.2, 0.25) is 6.79 Å². The Balaban J connectivity index is 1.49. The SMILES string of the molecule is OC[C@@H](O)C[NH+]1CC[NH+](Cc2ccc3c(c2)OCO3)CC1. The summed E-state index contributed by atoms with van der Waals surface area (Å²) in [4.78, 5) is 2.93. The van der Waals surface area contributed by atoms with E-state index in [2.05, 4.69) is 12.1 Å². The Labute approximate surface area is 124 Å². The van der Waals surface area contributed by atoms with E-state index in [0.29, 0.717) is 13.3 Å². The van der Waals surface area contributed by atoms with Crippen molar-refractivity contribution < 1.29 is 29.5 Å². The molecule has 0 spiro atoms. The summed E-state index contributed by atoms with van der Waals surface area (Å²) in [6.45, 7) is 6.07. The van der Waals surface area contributed by atoms with Crippen LogP contribution in [0.1, 0.15) is 5.56 Å². The molecule has 0 aliphatic carbocycles. The number of aliphatic hydroxyl groups excluding tert-OH is 2. The van der Waals surface area contributed by atoms with Gasteiger partial charge in [0.05, 0.1) is 6.61 Å². The summed E-state index contributed by atoms with van der Waals surface area (Å²) >= 11 is 0. The molecule has 2 aliphatic rings. The van der Waals surface area contributed by atoms with Gasteiger partial charge in [-0.25, -0.2) is 0 Å². The van der Waals surface area contributed by atoms with Gasteiger partial charge >= 0.3 is 0 Å². The lowest BCUT2D eigenvalue weighted by Gasteiger charge is -2.30. The highest BCUT2D eigenvalue weighted by Crippen LogP contribution is 2.32. The summed E-state index contributed by atoms with van der Waals surface area (Å²) in [5.41, 5.74) is 1.27. The zero-order valence-electron chi connectivity index (χ0n) is 12.2. The number of piperazine rings is 1. The molecular weight excluding hydrogens is 272 g/mol. The normalized spacial score (nSPS) is 25.8. The van der Waals surface area contributed by atoms with Crippen molar-refractivity contribution >= 4 is 0 Å². The van der Waals surface area contributed by atoms with Crippen molar-refractivity contribution in [3.8, 4) is 11.5 Å². The topological polar surface area (TPSA) is 67.8 Å². The van der Waals surface area contributed by atoms with Gasteiger partial charge in [-0.15, -0.1) is 0 Å². The van der Waals surface area contributed by atoms with Crippen molar-refractivity contribution in [2.24, 2.45) is 0 Å². The van der Waals surface area contributed by atoms with Gasteiger partial charge in [-0.3, -0.25) is 0 Å². The molecule has 4 N–H and O–H groups in total. The molecule has 6 nitrogen and oxygen atoms in total. The first-order valence-corrected chi connectivity index (χ1v) is 7.59. The zero-order chi connectivity index (χ0) is 14.7. The van der Waals surface area contributed by atoms with Crippen LogP contribution in [0, 0.1) is 0 Å². The molecule has 1 fully saturated rings. The molecule has 0 aromatic heterocycles. The molecule has 0 bridgehead atoms. The average Bonchev–Trinajstić information content (AvgIpc) is 2.96. The third-order valence-corrected chi connectivity index (χ3v) is 4.29. The Morgan fingerprint density at radius 3 is 2.52 bits per heavy atom. The first-order chi connectivity index (χ1) is 10.2. The molecule has 1 saturated heterocycles. The highest BCUT2D eigenvalue weighted by Gasteiger charge is 2.25. The van der Waals surface area contributed by atoms with Crippen LogP contribution in [-0.2, 0) is 6.54 Å². The second kappa shape index (κ2) is 6.62. The van der Waals surface area contributed by atoms with E-state index in [-0.39, 0.29) is 6.61 Å². The second-order valence-corrected chi connectivity index (χ2v) is 5.90. The molecule has 0 amide bonds. The molecule has 1 aromatic carbocycles. The van der Waals surface area contributed by atoms with Crippen LogP contribution in [0.25, 0.3) is 0 Å². The number of hydrogen-bond acceptors (Lipinski definition) is 4. The summed E-state index contributed by atoms with van der Waals surface area (Å²) in [6.07, 6.45) is -0.588. The van der Waals surface area contributed by atoms with Crippen LogP contribution < -0.4 is 19.3 Å². The fourth-order valence-corrected chi connectivity index (χ4v) is 3.08. The highest BCUT2D eigenvalue weighted by atomic mass is 16.7. The Morgan fingerprint density at radius 2 is 1.76 bits per heavy atom. The maximum atomic E-state index is 9.50.